The zero-order valence-electron chi connectivity index (χ0n) is 14.6. The first-order valence-corrected chi connectivity index (χ1v) is 8.61. The number of halogens is 1. The fourth-order valence-corrected chi connectivity index (χ4v) is 2.73. The Balaban J connectivity index is 0.00000484. The van der Waals surface area contributed by atoms with E-state index < -0.39 is 5.41 Å². The molecule has 5 nitrogen and oxygen atoms in total. The van der Waals surface area contributed by atoms with Crippen LogP contribution in [0, 0.1) is 5.41 Å². The molecule has 1 aromatic heterocycles. The standard InChI is InChI=1S/C16H28N4OS.HI/c1-6-18-15(20-11-16(3,4)14(21)17-5)19-9-12(2)13-7-8-22-10-13;/h7-8,10,12H,6,9,11H2,1-5H3,(H,17,21)(H2,18,19,20);1H. The minimum atomic E-state index is -0.518. The zero-order valence-corrected chi connectivity index (χ0v) is 17.7. The SMILES string of the molecule is CCNC(=NCC(C)(C)C(=O)NC)NCC(C)c1ccsc1.I. The first kappa shape index (κ1) is 22.2. The van der Waals surface area contributed by atoms with E-state index in [0.29, 0.717) is 12.5 Å². The van der Waals surface area contributed by atoms with Gasteiger partial charge in [0.15, 0.2) is 5.96 Å². The van der Waals surface area contributed by atoms with Gasteiger partial charge in [-0.15, -0.1) is 24.0 Å². The van der Waals surface area contributed by atoms with E-state index in [-0.39, 0.29) is 29.9 Å². The van der Waals surface area contributed by atoms with Gasteiger partial charge in [-0.3, -0.25) is 9.79 Å². The molecule has 3 N–H and O–H groups in total. The number of amides is 1. The van der Waals surface area contributed by atoms with E-state index in [1.807, 2.05) is 20.8 Å². The van der Waals surface area contributed by atoms with Gasteiger partial charge in [-0.05, 0) is 49.1 Å². The second kappa shape index (κ2) is 10.9. The van der Waals surface area contributed by atoms with Crippen molar-refractivity contribution in [3.8, 4) is 0 Å². The lowest BCUT2D eigenvalue weighted by molar-refractivity contribution is -0.128. The highest BCUT2D eigenvalue weighted by atomic mass is 127. The maximum Gasteiger partial charge on any atom is 0.227 e. The summed E-state index contributed by atoms with van der Waals surface area (Å²) in [5, 5.41) is 13.5. The second-order valence-electron chi connectivity index (χ2n) is 6.00. The summed E-state index contributed by atoms with van der Waals surface area (Å²) in [6.45, 7) is 10.0. The van der Waals surface area contributed by atoms with Gasteiger partial charge in [-0.2, -0.15) is 11.3 Å². The number of nitrogens with zero attached hydrogens (tertiary/aromatic N) is 1. The van der Waals surface area contributed by atoms with E-state index in [0.717, 1.165) is 19.0 Å². The highest BCUT2D eigenvalue weighted by Crippen LogP contribution is 2.17. The number of rotatable bonds is 7. The number of carbonyl (C=O) groups is 1. The van der Waals surface area contributed by atoms with E-state index in [2.05, 4.69) is 44.7 Å². The summed E-state index contributed by atoms with van der Waals surface area (Å²) in [5.41, 5.74) is 0.815. The Labute approximate surface area is 160 Å². The summed E-state index contributed by atoms with van der Waals surface area (Å²) in [4.78, 5) is 16.3. The second-order valence-corrected chi connectivity index (χ2v) is 6.78. The van der Waals surface area contributed by atoms with Gasteiger partial charge >= 0.3 is 0 Å². The van der Waals surface area contributed by atoms with E-state index in [1.165, 1.54) is 5.56 Å². The fraction of sp³-hybridized carbons (Fsp3) is 0.625. The topological polar surface area (TPSA) is 65.5 Å². The monoisotopic (exact) mass is 452 g/mol. The number of hydrogen-bond donors (Lipinski definition) is 3. The largest absolute Gasteiger partial charge is 0.359 e. The molecule has 1 amide bonds. The molecule has 132 valence electrons. The van der Waals surface area contributed by atoms with Crippen molar-refractivity contribution >= 4 is 47.2 Å². The van der Waals surface area contributed by atoms with Crippen LogP contribution in [0.2, 0.25) is 0 Å². The van der Waals surface area contributed by atoms with E-state index in [9.17, 15) is 4.79 Å². The van der Waals surface area contributed by atoms with Crippen molar-refractivity contribution in [3.05, 3.63) is 22.4 Å². The Morgan fingerprint density at radius 1 is 1.39 bits per heavy atom. The first-order valence-electron chi connectivity index (χ1n) is 7.67. The van der Waals surface area contributed by atoms with E-state index >= 15 is 0 Å². The van der Waals surface area contributed by atoms with Crippen LogP contribution in [0.25, 0.3) is 0 Å². The van der Waals surface area contributed by atoms with Crippen molar-refractivity contribution in [2.45, 2.75) is 33.6 Å². The number of hydrogen-bond acceptors (Lipinski definition) is 3. The van der Waals surface area contributed by atoms with Gasteiger partial charge < -0.3 is 16.0 Å². The molecule has 1 atom stereocenters. The molecule has 0 aliphatic heterocycles. The Morgan fingerprint density at radius 2 is 2.09 bits per heavy atom. The van der Waals surface area contributed by atoms with Crippen molar-refractivity contribution in [1.29, 1.82) is 0 Å². The van der Waals surface area contributed by atoms with Crippen LogP contribution in [0.4, 0.5) is 0 Å². The van der Waals surface area contributed by atoms with Gasteiger partial charge in [-0.25, -0.2) is 0 Å². The predicted molar refractivity (Wildman–Crippen MR) is 110 cm³/mol. The number of guanidine groups is 1. The summed E-state index contributed by atoms with van der Waals surface area (Å²) < 4.78 is 0. The summed E-state index contributed by atoms with van der Waals surface area (Å²) in [5.74, 6) is 1.17. The van der Waals surface area contributed by atoms with Gasteiger partial charge in [0.2, 0.25) is 5.91 Å². The lowest BCUT2D eigenvalue weighted by Gasteiger charge is -2.21. The van der Waals surface area contributed by atoms with Crippen molar-refractivity contribution < 1.29 is 4.79 Å². The number of carbonyl (C=O) groups excluding carboxylic acids is 1. The Kier molecular flexibility index (Phi) is 10.5. The molecule has 0 aliphatic rings. The third-order valence-corrected chi connectivity index (χ3v) is 4.21. The molecule has 0 aromatic carbocycles. The molecule has 7 heteroatoms. The van der Waals surface area contributed by atoms with Crippen LogP contribution in [0.1, 0.15) is 39.2 Å². The van der Waals surface area contributed by atoms with Crippen LogP contribution in [0.3, 0.4) is 0 Å². The lowest BCUT2D eigenvalue weighted by atomic mass is 9.93. The van der Waals surface area contributed by atoms with Crippen LogP contribution in [0.15, 0.2) is 21.8 Å². The van der Waals surface area contributed by atoms with Gasteiger partial charge in [0.25, 0.3) is 0 Å². The number of thiophene rings is 1. The highest BCUT2D eigenvalue weighted by Gasteiger charge is 2.26. The molecule has 0 fully saturated rings. The van der Waals surface area contributed by atoms with Crippen LogP contribution >= 0.6 is 35.3 Å². The molecule has 0 radical (unpaired) electrons. The molecular formula is C16H29IN4OS. The molecule has 0 saturated carbocycles. The van der Waals surface area contributed by atoms with E-state index in [4.69, 9.17) is 0 Å². The molecule has 1 rings (SSSR count). The summed E-state index contributed by atoms with van der Waals surface area (Å²) in [6.07, 6.45) is 0. The molecule has 1 heterocycles. The minimum absolute atomic E-state index is 0. The van der Waals surface area contributed by atoms with Crippen molar-refractivity contribution in [3.63, 3.8) is 0 Å². The van der Waals surface area contributed by atoms with Crippen LogP contribution in [0.5, 0.6) is 0 Å². The van der Waals surface area contributed by atoms with Gasteiger partial charge in [0.05, 0.1) is 12.0 Å². The first-order chi connectivity index (χ1) is 10.4. The average molecular weight is 452 g/mol. The number of nitrogens with one attached hydrogen (secondary N) is 3. The normalized spacial score (nSPS) is 13.0. The summed E-state index contributed by atoms with van der Waals surface area (Å²) >= 11 is 1.71. The molecular weight excluding hydrogens is 423 g/mol. The van der Waals surface area contributed by atoms with E-state index in [1.54, 1.807) is 18.4 Å². The van der Waals surface area contributed by atoms with Gasteiger partial charge in [0, 0.05) is 20.1 Å². The molecule has 0 aliphatic carbocycles. The smallest absolute Gasteiger partial charge is 0.227 e. The average Bonchev–Trinajstić information content (AvgIpc) is 3.03. The molecule has 1 unspecified atom stereocenters. The Bertz CT molecular complexity index is 488. The maximum absolute atomic E-state index is 11.8. The molecule has 0 saturated heterocycles. The van der Waals surface area contributed by atoms with Crippen LogP contribution in [-0.2, 0) is 4.79 Å². The van der Waals surface area contributed by atoms with Crippen LogP contribution < -0.4 is 16.0 Å². The minimum Gasteiger partial charge on any atom is -0.359 e. The summed E-state index contributed by atoms with van der Waals surface area (Å²) in [6, 6.07) is 2.15. The summed E-state index contributed by atoms with van der Waals surface area (Å²) in [7, 11) is 1.65. The van der Waals surface area contributed by atoms with Gasteiger partial charge in [-0.1, -0.05) is 6.92 Å². The zero-order chi connectivity index (χ0) is 16.6. The maximum atomic E-state index is 11.8. The Morgan fingerprint density at radius 3 is 2.61 bits per heavy atom. The van der Waals surface area contributed by atoms with Crippen LogP contribution in [-0.4, -0.2) is 38.5 Å². The Hall–Kier alpha value is -0.830. The molecule has 23 heavy (non-hydrogen) atoms. The molecule has 0 bridgehead atoms. The highest BCUT2D eigenvalue weighted by molar-refractivity contribution is 14.0. The molecule has 0 spiro atoms. The van der Waals surface area contributed by atoms with Crippen molar-refractivity contribution in [2.24, 2.45) is 10.4 Å². The van der Waals surface area contributed by atoms with Crippen molar-refractivity contribution in [1.82, 2.24) is 16.0 Å². The third-order valence-electron chi connectivity index (χ3n) is 3.51. The van der Waals surface area contributed by atoms with Gasteiger partial charge in [0.1, 0.15) is 0 Å². The third kappa shape index (κ3) is 7.52. The fourth-order valence-electron chi connectivity index (χ4n) is 1.95. The lowest BCUT2D eigenvalue weighted by Crippen LogP contribution is -2.41. The van der Waals surface area contributed by atoms with Crippen molar-refractivity contribution in [2.75, 3.05) is 26.7 Å². The quantitative estimate of drug-likeness (QED) is 0.339. The number of aliphatic imine (C=N–C) groups is 1. The molecule has 1 aromatic rings. The predicted octanol–water partition coefficient (Wildman–Crippen LogP) is 2.80.